The van der Waals surface area contributed by atoms with Gasteiger partial charge in [-0.2, -0.15) is 13.2 Å². The van der Waals surface area contributed by atoms with Gasteiger partial charge in [-0.25, -0.2) is 4.98 Å². The second-order valence-electron chi connectivity index (χ2n) is 8.88. The molecule has 0 saturated heterocycles. The number of hydrogen-bond acceptors (Lipinski definition) is 5. The Balaban J connectivity index is 1.79. The molecule has 0 fully saturated rings. The van der Waals surface area contributed by atoms with Crippen LogP contribution in [0.15, 0.2) is 71.3 Å². The average Bonchev–Trinajstić information content (AvgIpc) is 3.22. The van der Waals surface area contributed by atoms with E-state index in [1.165, 1.54) is 12.1 Å². The first-order valence-corrected chi connectivity index (χ1v) is 11.8. The van der Waals surface area contributed by atoms with Crippen LogP contribution in [0, 0.1) is 0 Å². The molecule has 2 heterocycles. The minimum Gasteiger partial charge on any atom is -0.598 e. The second-order valence-corrected chi connectivity index (χ2v) is 10.9. The number of alkyl halides is 3. The second kappa shape index (κ2) is 9.40. The van der Waals surface area contributed by atoms with Gasteiger partial charge in [-0.05, 0) is 50.6 Å². The Labute approximate surface area is 198 Å². The predicted molar refractivity (Wildman–Crippen MR) is 126 cm³/mol. The molecule has 5 nitrogen and oxygen atoms in total. The Morgan fingerprint density at radius 1 is 0.971 bits per heavy atom. The van der Waals surface area contributed by atoms with Crippen LogP contribution in [-0.2, 0) is 24.0 Å². The van der Waals surface area contributed by atoms with E-state index < -0.39 is 34.0 Å². The summed E-state index contributed by atoms with van der Waals surface area (Å²) in [5.74, 6) is 0. The molecular formula is C25H24F3N3O2S. The Hall–Kier alpha value is -2.88. The number of nitrogens with one attached hydrogen (secondary N) is 1. The molecule has 9 heteroatoms. The van der Waals surface area contributed by atoms with Crippen LogP contribution in [0.25, 0.3) is 22.2 Å². The molecule has 0 saturated carbocycles. The molecule has 0 aliphatic carbocycles. The minimum atomic E-state index is -4.55. The summed E-state index contributed by atoms with van der Waals surface area (Å²) in [4.78, 5) is 3.82. The van der Waals surface area contributed by atoms with Crippen LogP contribution in [-0.4, -0.2) is 19.4 Å². The fourth-order valence-corrected chi connectivity index (χ4v) is 4.40. The molecule has 0 aliphatic heterocycles. The van der Waals surface area contributed by atoms with E-state index in [0.717, 1.165) is 22.6 Å². The summed E-state index contributed by atoms with van der Waals surface area (Å²) in [6.45, 7) is 5.48. The number of nitrogens with zero attached hydrogens (tertiary/aromatic N) is 2. The van der Waals surface area contributed by atoms with Gasteiger partial charge in [0.25, 0.3) is 0 Å². The highest BCUT2D eigenvalue weighted by atomic mass is 32.2. The van der Waals surface area contributed by atoms with Gasteiger partial charge in [-0.15, -0.1) is 4.72 Å². The van der Waals surface area contributed by atoms with Gasteiger partial charge in [0.05, 0.1) is 6.04 Å². The van der Waals surface area contributed by atoms with Crippen molar-refractivity contribution in [2.24, 2.45) is 0 Å². The normalized spacial score (nSPS) is 14.3. The summed E-state index contributed by atoms with van der Waals surface area (Å²) in [5.41, 5.74) is 1.97. The number of benzene rings is 2. The molecule has 2 aromatic heterocycles. The van der Waals surface area contributed by atoms with Gasteiger partial charge in [-0.1, -0.05) is 47.6 Å². The van der Waals surface area contributed by atoms with E-state index in [0.29, 0.717) is 11.3 Å². The number of halogens is 3. The van der Waals surface area contributed by atoms with Crippen LogP contribution in [0.5, 0.6) is 0 Å². The van der Waals surface area contributed by atoms with Gasteiger partial charge in [0.2, 0.25) is 0 Å². The molecule has 0 aliphatic rings. The van der Waals surface area contributed by atoms with Gasteiger partial charge >= 0.3 is 6.18 Å². The number of pyridine rings is 1. The SMILES string of the molecule is CC(C)(C)[S@+]([O-])NC(Cc1cccc(C(F)(F)F)n1)c1ccccc1-c1noc2ccccc12. The van der Waals surface area contributed by atoms with E-state index in [4.69, 9.17) is 4.52 Å². The topological polar surface area (TPSA) is 74.0 Å². The summed E-state index contributed by atoms with van der Waals surface area (Å²) < 4.78 is 60.8. The zero-order valence-electron chi connectivity index (χ0n) is 18.9. The first-order chi connectivity index (χ1) is 16.0. The number of hydrogen-bond donors (Lipinski definition) is 1. The van der Waals surface area contributed by atoms with Gasteiger partial charge in [0.1, 0.15) is 16.1 Å². The zero-order valence-corrected chi connectivity index (χ0v) is 19.7. The van der Waals surface area contributed by atoms with Crippen LogP contribution in [0.3, 0.4) is 0 Å². The van der Waals surface area contributed by atoms with Crippen molar-refractivity contribution >= 4 is 22.3 Å². The highest BCUT2D eigenvalue weighted by Gasteiger charge is 2.34. The quantitative estimate of drug-likeness (QED) is 0.326. The Morgan fingerprint density at radius 3 is 2.41 bits per heavy atom. The van der Waals surface area contributed by atoms with Gasteiger partial charge in [0, 0.05) is 34.4 Å². The lowest BCUT2D eigenvalue weighted by Gasteiger charge is -2.29. The monoisotopic (exact) mass is 487 g/mol. The van der Waals surface area contributed by atoms with Crippen LogP contribution in [0.1, 0.15) is 43.8 Å². The van der Waals surface area contributed by atoms with E-state index in [1.807, 2.05) is 69.3 Å². The van der Waals surface area contributed by atoms with Gasteiger partial charge < -0.3 is 9.08 Å². The van der Waals surface area contributed by atoms with E-state index >= 15 is 0 Å². The van der Waals surface area contributed by atoms with Crippen molar-refractivity contribution in [3.8, 4) is 11.3 Å². The Morgan fingerprint density at radius 2 is 1.68 bits per heavy atom. The van der Waals surface area contributed by atoms with Crippen molar-refractivity contribution in [3.63, 3.8) is 0 Å². The maximum absolute atomic E-state index is 13.2. The number of fused-ring (bicyclic) bond motifs is 1. The van der Waals surface area contributed by atoms with Crippen LogP contribution >= 0.6 is 0 Å². The Bertz CT molecular complexity index is 1280. The first-order valence-electron chi connectivity index (χ1n) is 10.7. The smallest absolute Gasteiger partial charge is 0.433 e. The predicted octanol–water partition coefficient (Wildman–Crippen LogP) is 6.24. The summed E-state index contributed by atoms with van der Waals surface area (Å²) in [6, 6.07) is 18.0. The lowest BCUT2D eigenvalue weighted by molar-refractivity contribution is -0.141. The van der Waals surface area contributed by atoms with Crippen LogP contribution in [0.2, 0.25) is 0 Å². The van der Waals surface area contributed by atoms with Gasteiger partial charge in [-0.3, -0.25) is 0 Å². The maximum Gasteiger partial charge on any atom is 0.433 e. The van der Waals surface area contributed by atoms with Crippen molar-refractivity contribution < 1.29 is 22.2 Å². The fourth-order valence-electron chi connectivity index (χ4n) is 3.58. The molecule has 34 heavy (non-hydrogen) atoms. The molecule has 1 N–H and O–H groups in total. The molecule has 0 amide bonds. The van der Waals surface area contributed by atoms with Crippen molar-refractivity contribution in [2.45, 2.75) is 44.2 Å². The van der Waals surface area contributed by atoms with E-state index in [1.54, 1.807) is 0 Å². The van der Waals surface area contributed by atoms with Crippen molar-refractivity contribution in [2.75, 3.05) is 0 Å². The lowest BCUT2D eigenvalue weighted by Crippen LogP contribution is -2.42. The molecule has 1 unspecified atom stereocenters. The van der Waals surface area contributed by atoms with Crippen molar-refractivity contribution in [1.29, 1.82) is 0 Å². The van der Waals surface area contributed by atoms with E-state index in [9.17, 15) is 17.7 Å². The summed E-state index contributed by atoms with van der Waals surface area (Å²) in [7, 11) is 0. The molecule has 0 bridgehead atoms. The molecule has 4 rings (SSSR count). The number of aromatic nitrogens is 2. The molecule has 178 valence electrons. The number of para-hydroxylation sites is 1. The largest absolute Gasteiger partial charge is 0.598 e. The molecule has 0 spiro atoms. The lowest BCUT2D eigenvalue weighted by atomic mass is 9.94. The molecule has 2 aromatic carbocycles. The third-order valence-corrected chi connectivity index (χ3v) is 6.90. The van der Waals surface area contributed by atoms with Crippen molar-refractivity contribution in [1.82, 2.24) is 14.9 Å². The van der Waals surface area contributed by atoms with E-state index in [2.05, 4.69) is 14.9 Å². The highest BCUT2D eigenvalue weighted by molar-refractivity contribution is 7.90. The summed E-state index contributed by atoms with van der Waals surface area (Å²) in [6.07, 6.45) is -4.46. The fraction of sp³-hybridized carbons (Fsp3) is 0.280. The molecule has 4 aromatic rings. The minimum absolute atomic E-state index is 0.0958. The van der Waals surface area contributed by atoms with Crippen LogP contribution in [0.4, 0.5) is 13.2 Å². The molecule has 0 radical (unpaired) electrons. The zero-order chi connectivity index (χ0) is 24.5. The third kappa shape index (κ3) is 5.27. The maximum atomic E-state index is 13.2. The Kier molecular flexibility index (Phi) is 6.71. The summed E-state index contributed by atoms with van der Waals surface area (Å²) >= 11 is -1.49. The highest BCUT2D eigenvalue weighted by Crippen LogP contribution is 2.35. The van der Waals surface area contributed by atoms with Crippen molar-refractivity contribution in [3.05, 3.63) is 83.7 Å². The standard InChI is InChI=1S/C25H24F3N3O2S/c1-24(2,3)34(32)31-20(15-16-9-8-14-22(29-16)25(26,27)28)17-10-4-5-11-18(17)23-19-12-6-7-13-21(19)33-30-23/h4-14,20,31H,15H2,1-3H3/t20?,34-/m0/s1. The van der Waals surface area contributed by atoms with E-state index in [-0.39, 0.29) is 12.1 Å². The summed E-state index contributed by atoms with van der Waals surface area (Å²) in [5, 5.41) is 5.06. The third-order valence-electron chi connectivity index (χ3n) is 5.28. The van der Waals surface area contributed by atoms with Crippen LogP contribution < -0.4 is 4.72 Å². The molecular weight excluding hydrogens is 463 g/mol. The van der Waals surface area contributed by atoms with Gasteiger partial charge in [0.15, 0.2) is 5.58 Å². The number of rotatable bonds is 6. The first kappa shape index (κ1) is 24.3. The average molecular weight is 488 g/mol. The molecule has 2 atom stereocenters.